The second kappa shape index (κ2) is 7.62. The van der Waals surface area contributed by atoms with E-state index < -0.39 is 11.2 Å². The molecule has 0 spiro atoms. The summed E-state index contributed by atoms with van der Waals surface area (Å²) in [5, 5.41) is 10.6. The van der Waals surface area contributed by atoms with Gasteiger partial charge in [0.05, 0.1) is 0 Å². The van der Waals surface area contributed by atoms with Gasteiger partial charge in [-0.2, -0.15) is 0 Å². The summed E-state index contributed by atoms with van der Waals surface area (Å²) in [6, 6.07) is 0. The van der Waals surface area contributed by atoms with Crippen LogP contribution in [0.4, 0.5) is 0 Å². The van der Waals surface area contributed by atoms with E-state index in [1.807, 2.05) is 13.8 Å². The fourth-order valence-electron chi connectivity index (χ4n) is 1.07. The number of nitrogens with one attached hydrogen (secondary N) is 1. The molecule has 5 nitrogen and oxygen atoms in total. The third-order valence-electron chi connectivity index (χ3n) is 2.01. The van der Waals surface area contributed by atoms with Gasteiger partial charge in [-0.3, -0.25) is 4.79 Å². The summed E-state index contributed by atoms with van der Waals surface area (Å²) < 4.78 is 12.2. The van der Waals surface area contributed by atoms with Crippen LogP contribution in [-0.2, 0) is 11.2 Å². The number of unbranched alkanes of at least 4 members (excludes halogenated alkanes) is 1. The number of carbonyl (C=O) groups excluding carboxylic acids is 1. The summed E-state index contributed by atoms with van der Waals surface area (Å²) in [7, 11) is 0. The molecule has 96 valence electrons. The van der Waals surface area contributed by atoms with Gasteiger partial charge in [-0.1, -0.05) is 25.4 Å². The van der Waals surface area contributed by atoms with Gasteiger partial charge < -0.3 is 9.87 Å². The van der Waals surface area contributed by atoms with Crippen molar-refractivity contribution in [1.82, 2.24) is 15.5 Å². The van der Waals surface area contributed by atoms with Crippen molar-refractivity contribution in [1.29, 1.82) is 0 Å². The van der Waals surface area contributed by atoms with E-state index in [1.165, 1.54) is 0 Å². The predicted molar refractivity (Wildman–Crippen MR) is 68.7 cm³/mol. The fraction of sp³-hybridized carbons (Fsp3) is 0.700. The Bertz CT molecular complexity index is 357. The number of hydrogen-bond acceptors (Lipinski definition) is 5. The second-order valence-electron chi connectivity index (χ2n) is 3.53. The Balaban J connectivity index is 2.54. The Hall–Kier alpha value is -0.660. The molecule has 0 aliphatic rings. The van der Waals surface area contributed by atoms with E-state index in [0.29, 0.717) is 21.6 Å². The summed E-state index contributed by atoms with van der Waals surface area (Å²) in [6.45, 7) is 4.64. The first-order chi connectivity index (χ1) is 8.19. The van der Waals surface area contributed by atoms with Crippen LogP contribution in [0.3, 0.4) is 0 Å². The van der Waals surface area contributed by atoms with Gasteiger partial charge in [0.1, 0.15) is 5.75 Å². The lowest BCUT2D eigenvalue weighted by Gasteiger charge is -2.03. The summed E-state index contributed by atoms with van der Waals surface area (Å²) in [5.74, 6) is 0.352. The van der Waals surface area contributed by atoms with Gasteiger partial charge >= 0.3 is 4.34 Å². The lowest BCUT2D eigenvalue weighted by Crippen LogP contribution is -2.23. The summed E-state index contributed by atoms with van der Waals surface area (Å²) in [5.41, 5.74) is 0. The molecule has 0 saturated heterocycles. The van der Waals surface area contributed by atoms with Gasteiger partial charge in [-0.25, -0.2) is 0 Å². The van der Waals surface area contributed by atoms with Crippen molar-refractivity contribution in [2.24, 2.45) is 0 Å². The van der Waals surface area contributed by atoms with Crippen LogP contribution in [0.15, 0.2) is 4.34 Å². The summed E-state index contributed by atoms with van der Waals surface area (Å²) in [6.07, 6.45) is 2.76. The van der Waals surface area contributed by atoms with Crippen LogP contribution in [0.5, 0.6) is 0 Å². The van der Waals surface area contributed by atoms with Crippen LogP contribution < -0.4 is 5.32 Å². The molecule has 0 aliphatic carbocycles. The maximum Gasteiger partial charge on any atom is 0.322 e. The predicted octanol–water partition coefficient (Wildman–Crippen LogP) is 1.59. The largest absolute Gasteiger partial charge is 0.610 e. The molecule has 1 unspecified atom stereocenters. The summed E-state index contributed by atoms with van der Waals surface area (Å²) in [4.78, 5) is 11.6. The molecule has 1 rings (SSSR count). The Morgan fingerprint density at radius 2 is 2.18 bits per heavy atom. The van der Waals surface area contributed by atoms with E-state index in [1.54, 1.807) is 0 Å². The fourth-order valence-corrected chi connectivity index (χ4v) is 3.28. The number of carbonyl (C=O) groups is 1. The second-order valence-corrected chi connectivity index (χ2v) is 6.25. The Labute approximate surface area is 108 Å². The van der Waals surface area contributed by atoms with Gasteiger partial charge in [0.2, 0.25) is 5.01 Å². The minimum Gasteiger partial charge on any atom is -0.610 e. The van der Waals surface area contributed by atoms with Gasteiger partial charge in [-0.05, 0) is 24.2 Å². The zero-order valence-corrected chi connectivity index (χ0v) is 11.7. The highest BCUT2D eigenvalue weighted by Crippen LogP contribution is 2.17. The minimum absolute atomic E-state index is 0.233. The van der Waals surface area contributed by atoms with Crippen molar-refractivity contribution in [2.75, 3.05) is 12.3 Å². The Morgan fingerprint density at radius 3 is 2.82 bits per heavy atom. The molecule has 17 heavy (non-hydrogen) atoms. The van der Waals surface area contributed by atoms with Crippen molar-refractivity contribution < 1.29 is 9.35 Å². The molecule has 1 heterocycles. The zero-order chi connectivity index (χ0) is 12.7. The van der Waals surface area contributed by atoms with Crippen LogP contribution in [0.2, 0.25) is 0 Å². The lowest BCUT2D eigenvalue weighted by molar-refractivity contribution is 0.0952. The van der Waals surface area contributed by atoms with Crippen LogP contribution in [0.1, 0.15) is 42.9 Å². The first-order valence-corrected chi connectivity index (χ1v) is 7.82. The van der Waals surface area contributed by atoms with Gasteiger partial charge in [0.25, 0.3) is 5.91 Å². The molecule has 1 atom stereocenters. The van der Waals surface area contributed by atoms with E-state index >= 15 is 0 Å². The van der Waals surface area contributed by atoms with Crippen molar-refractivity contribution in [2.45, 2.75) is 37.4 Å². The lowest BCUT2D eigenvalue weighted by atomic mass is 10.4. The molecule has 1 aromatic rings. The Morgan fingerprint density at radius 1 is 1.41 bits per heavy atom. The maximum atomic E-state index is 11.7. The third-order valence-corrected chi connectivity index (χ3v) is 4.67. The van der Waals surface area contributed by atoms with Crippen LogP contribution in [0, 0.1) is 0 Å². The van der Waals surface area contributed by atoms with Gasteiger partial charge in [0.15, 0.2) is 0 Å². The molecule has 0 aliphatic heterocycles. The number of nitrogens with zero attached hydrogens (tertiary/aromatic N) is 2. The van der Waals surface area contributed by atoms with Crippen molar-refractivity contribution in [3.63, 3.8) is 0 Å². The molecule has 0 saturated carbocycles. The van der Waals surface area contributed by atoms with Crippen molar-refractivity contribution >= 4 is 28.4 Å². The summed E-state index contributed by atoms with van der Waals surface area (Å²) >= 11 is -0.00427. The molecule has 0 bridgehead atoms. The number of hydrogen-bond donors (Lipinski definition) is 1. The van der Waals surface area contributed by atoms with E-state index in [4.69, 9.17) is 0 Å². The molecule has 7 heteroatoms. The first-order valence-electron chi connectivity index (χ1n) is 5.69. The average Bonchev–Trinajstić information content (AvgIpc) is 2.82. The van der Waals surface area contributed by atoms with Crippen LogP contribution in [0.25, 0.3) is 0 Å². The quantitative estimate of drug-likeness (QED) is 0.766. The van der Waals surface area contributed by atoms with E-state index in [-0.39, 0.29) is 5.91 Å². The minimum atomic E-state index is -1.12. The molecule has 0 fully saturated rings. The van der Waals surface area contributed by atoms with Gasteiger partial charge in [0, 0.05) is 17.7 Å². The maximum absolute atomic E-state index is 11.7. The van der Waals surface area contributed by atoms with Crippen LogP contribution in [-0.4, -0.2) is 33.0 Å². The van der Waals surface area contributed by atoms with Crippen LogP contribution >= 0.6 is 11.3 Å². The SMILES string of the molecule is CCCC[S+]([O-])c1nnc(C(=O)NCCC)s1. The number of rotatable bonds is 7. The van der Waals surface area contributed by atoms with E-state index in [2.05, 4.69) is 15.5 Å². The number of amides is 1. The molecular weight excluding hydrogens is 258 g/mol. The highest BCUT2D eigenvalue weighted by Gasteiger charge is 2.20. The van der Waals surface area contributed by atoms with E-state index in [9.17, 15) is 9.35 Å². The highest BCUT2D eigenvalue weighted by molar-refractivity contribution is 7.93. The van der Waals surface area contributed by atoms with Crippen molar-refractivity contribution in [3.8, 4) is 0 Å². The molecule has 1 amide bonds. The number of aromatic nitrogens is 2. The first kappa shape index (κ1) is 14.4. The molecular formula is C10H17N3O2S2. The highest BCUT2D eigenvalue weighted by atomic mass is 32.2. The molecule has 1 N–H and O–H groups in total. The molecule has 0 aromatic carbocycles. The average molecular weight is 275 g/mol. The molecule has 1 aromatic heterocycles. The zero-order valence-electron chi connectivity index (χ0n) is 10.1. The normalized spacial score (nSPS) is 12.4. The Kier molecular flexibility index (Phi) is 6.46. The standard InChI is InChI=1S/C10H17N3O2S2/c1-3-5-7-17(15)10-13-12-9(16-10)8(14)11-6-4-2/h3-7H2,1-2H3,(H,11,14). The molecule has 0 radical (unpaired) electrons. The van der Waals surface area contributed by atoms with E-state index in [0.717, 1.165) is 30.6 Å². The van der Waals surface area contributed by atoms with Crippen molar-refractivity contribution in [3.05, 3.63) is 5.01 Å². The topological polar surface area (TPSA) is 77.9 Å². The third kappa shape index (κ3) is 4.61. The monoisotopic (exact) mass is 275 g/mol. The van der Waals surface area contributed by atoms with Gasteiger partial charge in [-0.15, -0.1) is 5.10 Å². The smallest absolute Gasteiger partial charge is 0.322 e.